The van der Waals surface area contributed by atoms with E-state index in [1.54, 1.807) is 0 Å². The van der Waals surface area contributed by atoms with Gasteiger partial charge in [0.2, 0.25) is 5.91 Å². The number of likely N-dealkylation sites (N-methyl/N-ethyl adjacent to an activating group) is 1. The van der Waals surface area contributed by atoms with Crippen LogP contribution >= 0.6 is 7.82 Å². The van der Waals surface area contributed by atoms with Crippen molar-refractivity contribution in [3.63, 3.8) is 0 Å². The number of aliphatic hydroxyl groups excluding tert-OH is 1. The molecule has 8 nitrogen and oxygen atoms in total. The van der Waals surface area contributed by atoms with Gasteiger partial charge in [0.05, 0.1) is 39.9 Å². The number of hydrogen-bond donors (Lipinski definition) is 3. The summed E-state index contributed by atoms with van der Waals surface area (Å²) < 4.78 is 23.8. The van der Waals surface area contributed by atoms with E-state index in [0.717, 1.165) is 38.5 Å². The molecule has 0 bridgehead atoms. The third-order valence-corrected chi connectivity index (χ3v) is 14.8. The summed E-state index contributed by atoms with van der Waals surface area (Å²) >= 11 is 0. The van der Waals surface area contributed by atoms with E-state index in [0.29, 0.717) is 23.9 Å². The zero-order valence-electron chi connectivity index (χ0n) is 45.2. The fraction of sp³-hybridized carbons (Fsp3) is 0.982. The van der Waals surface area contributed by atoms with Crippen molar-refractivity contribution < 1.29 is 32.9 Å². The topological polar surface area (TPSA) is 105 Å². The van der Waals surface area contributed by atoms with Gasteiger partial charge in [0.1, 0.15) is 13.2 Å². The van der Waals surface area contributed by atoms with Gasteiger partial charge < -0.3 is 19.8 Å². The number of carbonyl (C=O) groups excluding carboxylic acids is 1. The number of carbonyl (C=O) groups is 1. The third kappa shape index (κ3) is 51.4. The molecule has 3 N–H and O–H groups in total. The van der Waals surface area contributed by atoms with E-state index in [1.807, 2.05) is 21.1 Å². The summed E-state index contributed by atoms with van der Waals surface area (Å²) in [4.78, 5) is 23.3. The maximum atomic E-state index is 13.0. The SMILES string of the molecule is CCCCCCCCCCCCCCCCCCCCCCCCCCC(O)C(COP(=O)(O)OCC[N+](C)(C)C)NC(=O)CCCCCCCCCCCCCCCCCCCCCC. The molecule has 3 unspecified atom stereocenters. The van der Waals surface area contributed by atoms with Crippen LogP contribution in [0.4, 0.5) is 0 Å². The molecular formula is C57H118N2O6P+. The summed E-state index contributed by atoms with van der Waals surface area (Å²) in [6.45, 7) is 4.95. The van der Waals surface area contributed by atoms with Gasteiger partial charge in [-0.3, -0.25) is 13.8 Å². The number of phosphoric acid groups is 1. The summed E-state index contributed by atoms with van der Waals surface area (Å²) in [5.74, 6) is -0.136. The first-order valence-corrected chi connectivity index (χ1v) is 30.9. The van der Waals surface area contributed by atoms with E-state index < -0.39 is 20.0 Å². The predicted molar refractivity (Wildman–Crippen MR) is 286 cm³/mol. The molecule has 0 saturated carbocycles. The van der Waals surface area contributed by atoms with Crippen LogP contribution in [0.1, 0.15) is 309 Å². The Balaban J connectivity index is 4.12. The molecule has 0 heterocycles. The highest BCUT2D eigenvalue weighted by atomic mass is 31.2. The van der Waals surface area contributed by atoms with Crippen molar-refractivity contribution in [3.05, 3.63) is 0 Å². The normalized spacial score (nSPS) is 13.9. The number of quaternary nitrogens is 1. The monoisotopic (exact) mass is 958 g/mol. The van der Waals surface area contributed by atoms with Crippen molar-refractivity contribution in [1.29, 1.82) is 0 Å². The van der Waals surface area contributed by atoms with Gasteiger partial charge in [-0.1, -0.05) is 290 Å². The molecule has 0 aliphatic rings. The zero-order valence-corrected chi connectivity index (χ0v) is 46.1. The number of nitrogens with zero attached hydrogens (tertiary/aromatic N) is 1. The van der Waals surface area contributed by atoms with E-state index >= 15 is 0 Å². The van der Waals surface area contributed by atoms with Crippen LogP contribution in [0.25, 0.3) is 0 Å². The fourth-order valence-electron chi connectivity index (χ4n) is 9.23. The quantitative estimate of drug-likeness (QED) is 0.0319. The summed E-state index contributed by atoms with van der Waals surface area (Å²) in [6, 6.07) is -0.755. The zero-order chi connectivity index (χ0) is 48.5. The van der Waals surface area contributed by atoms with Crippen LogP contribution in [0, 0.1) is 0 Å². The Labute approximate surface area is 412 Å². The lowest BCUT2D eigenvalue weighted by molar-refractivity contribution is -0.870. The second kappa shape index (κ2) is 49.5. The van der Waals surface area contributed by atoms with E-state index in [9.17, 15) is 19.4 Å². The van der Waals surface area contributed by atoms with Gasteiger partial charge in [-0.25, -0.2) is 4.57 Å². The molecule has 9 heteroatoms. The Morgan fingerprint density at radius 3 is 1.02 bits per heavy atom. The average Bonchev–Trinajstić information content (AvgIpc) is 3.28. The van der Waals surface area contributed by atoms with Crippen LogP contribution in [0.5, 0.6) is 0 Å². The molecule has 1 amide bonds. The molecule has 396 valence electrons. The van der Waals surface area contributed by atoms with Crippen LogP contribution in [-0.2, 0) is 18.4 Å². The summed E-state index contributed by atoms with van der Waals surface area (Å²) in [5, 5.41) is 14.1. The molecule has 0 aromatic rings. The van der Waals surface area contributed by atoms with Crippen molar-refractivity contribution in [2.75, 3.05) is 40.9 Å². The number of amides is 1. The molecule has 0 aromatic carbocycles. The lowest BCUT2D eigenvalue weighted by Crippen LogP contribution is -2.46. The van der Waals surface area contributed by atoms with Crippen LogP contribution in [0.15, 0.2) is 0 Å². The molecule has 3 atom stereocenters. The van der Waals surface area contributed by atoms with Crippen molar-refractivity contribution in [1.82, 2.24) is 5.32 Å². The minimum Gasteiger partial charge on any atom is -0.391 e. The molecule has 0 rings (SSSR count). The molecular weight excluding hydrogens is 840 g/mol. The molecule has 0 saturated heterocycles. The lowest BCUT2D eigenvalue weighted by Gasteiger charge is -2.26. The fourth-order valence-corrected chi connectivity index (χ4v) is 9.96. The number of aliphatic hydroxyl groups is 1. The maximum Gasteiger partial charge on any atom is 0.472 e. The van der Waals surface area contributed by atoms with Gasteiger partial charge >= 0.3 is 7.82 Å². The number of unbranched alkanes of at least 4 members (excludes halogenated alkanes) is 42. The minimum absolute atomic E-state index is 0.0792. The van der Waals surface area contributed by atoms with Crippen LogP contribution in [0.2, 0.25) is 0 Å². The first-order valence-electron chi connectivity index (χ1n) is 29.4. The largest absolute Gasteiger partial charge is 0.472 e. The smallest absolute Gasteiger partial charge is 0.391 e. The minimum atomic E-state index is -4.32. The van der Waals surface area contributed by atoms with Gasteiger partial charge in [0.25, 0.3) is 0 Å². The first kappa shape index (κ1) is 65.5. The van der Waals surface area contributed by atoms with Crippen molar-refractivity contribution >= 4 is 13.7 Å². The third-order valence-electron chi connectivity index (χ3n) is 13.9. The number of phosphoric ester groups is 1. The Morgan fingerprint density at radius 1 is 0.455 bits per heavy atom. The molecule has 0 spiro atoms. The Hall–Kier alpha value is -0.500. The second-order valence-electron chi connectivity index (χ2n) is 21.7. The van der Waals surface area contributed by atoms with Crippen LogP contribution in [0.3, 0.4) is 0 Å². The van der Waals surface area contributed by atoms with Gasteiger partial charge in [-0.15, -0.1) is 0 Å². The van der Waals surface area contributed by atoms with Gasteiger partial charge in [-0.05, 0) is 12.8 Å². The molecule has 0 aliphatic heterocycles. The van der Waals surface area contributed by atoms with Crippen LogP contribution < -0.4 is 5.32 Å². The van der Waals surface area contributed by atoms with Crippen LogP contribution in [-0.4, -0.2) is 73.4 Å². The average molecular weight is 959 g/mol. The van der Waals surface area contributed by atoms with E-state index in [4.69, 9.17) is 9.05 Å². The van der Waals surface area contributed by atoms with E-state index in [-0.39, 0.29) is 19.1 Å². The maximum absolute atomic E-state index is 13.0. The summed E-state index contributed by atoms with van der Waals surface area (Å²) in [5.41, 5.74) is 0. The highest BCUT2D eigenvalue weighted by Crippen LogP contribution is 2.43. The highest BCUT2D eigenvalue weighted by molar-refractivity contribution is 7.47. The molecule has 66 heavy (non-hydrogen) atoms. The van der Waals surface area contributed by atoms with E-state index in [2.05, 4.69) is 19.2 Å². The number of nitrogens with one attached hydrogen (secondary N) is 1. The van der Waals surface area contributed by atoms with Gasteiger partial charge in [-0.2, -0.15) is 0 Å². The predicted octanol–water partition coefficient (Wildman–Crippen LogP) is 17.7. The first-order chi connectivity index (χ1) is 32.0. The van der Waals surface area contributed by atoms with Gasteiger partial charge in [0, 0.05) is 6.42 Å². The standard InChI is InChI=1S/C57H117N2O6P/c1-6-8-10-12-14-16-18-20-22-24-26-28-29-30-31-32-34-36-38-40-42-44-46-48-50-56(60)55(54-65-66(62,63)64-53-52-59(3,4)5)58-57(61)51-49-47-45-43-41-39-37-35-33-27-25-23-21-19-17-15-13-11-9-7-2/h55-56,60H,6-54H2,1-5H3,(H-,58,61,62,63)/p+1. The van der Waals surface area contributed by atoms with Crippen molar-refractivity contribution in [2.45, 2.75) is 321 Å². The number of rotatable bonds is 55. The molecule has 0 radical (unpaired) electrons. The highest BCUT2D eigenvalue weighted by Gasteiger charge is 2.28. The molecule has 0 aromatic heterocycles. The summed E-state index contributed by atoms with van der Waals surface area (Å²) in [7, 11) is 1.64. The summed E-state index contributed by atoms with van der Waals surface area (Å²) in [6.07, 6.45) is 58.7. The lowest BCUT2D eigenvalue weighted by atomic mass is 10.0. The van der Waals surface area contributed by atoms with Crippen molar-refractivity contribution in [3.8, 4) is 0 Å². The second-order valence-corrected chi connectivity index (χ2v) is 23.2. The molecule has 0 aliphatic carbocycles. The van der Waals surface area contributed by atoms with Gasteiger partial charge in [0.15, 0.2) is 0 Å². The van der Waals surface area contributed by atoms with Crippen molar-refractivity contribution in [2.24, 2.45) is 0 Å². The Bertz CT molecular complexity index is 1040. The molecule has 0 fully saturated rings. The Kier molecular flexibility index (Phi) is 49.1. The Morgan fingerprint density at radius 2 is 0.727 bits per heavy atom. The number of hydrogen-bond acceptors (Lipinski definition) is 5. The van der Waals surface area contributed by atoms with E-state index in [1.165, 1.54) is 244 Å².